The number of nitrogens with two attached hydrogens (primary N) is 1. The van der Waals surface area contributed by atoms with Crippen molar-refractivity contribution in [2.75, 3.05) is 39.2 Å². The Bertz CT molecular complexity index is 324. The molecule has 0 aliphatic carbocycles. The van der Waals surface area contributed by atoms with E-state index in [1.165, 1.54) is 0 Å². The predicted octanol–water partition coefficient (Wildman–Crippen LogP) is 0.536. The number of hydrogen-bond donors (Lipinski definition) is 2. The van der Waals surface area contributed by atoms with Gasteiger partial charge in [-0.3, -0.25) is 9.88 Å². The van der Waals surface area contributed by atoms with Crippen LogP contribution >= 0.6 is 0 Å². The summed E-state index contributed by atoms with van der Waals surface area (Å²) in [4.78, 5) is 13.1. The van der Waals surface area contributed by atoms with Crippen molar-refractivity contribution in [3.05, 3.63) is 18.1 Å². The highest BCUT2D eigenvalue weighted by Gasteiger charge is 2.05. The van der Waals surface area contributed by atoms with E-state index in [1.54, 1.807) is 12.4 Å². The number of nitrogens with zero attached hydrogens (tertiary/aromatic N) is 4. The van der Waals surface area contributed by atoms with Crippen LogP contribution in [0.15, 0.2) is 12.4 Å². The molecule has 1 aromatic rings. The van der Waals surface area contributed by atoms with E-state index in [2.05, 4.69) is 46.2 Å². The van der Waals surface area contributed by atoms with Gasteiger partial charge < -0.3 is 10.3 Å². The van der Waals surface area contributed by atoms with Crippen molar-refractivity contribution >= 4 is 5.82 Å². The summed E-state index contributed by atoms with van der Waals surface area (Å²) in [6.45, 7) is 6.21. The number of nitrogens with one attached hydrogen (secondary N) is 1. The molecule has 1 aromatic heterocycles. The molecule has 0 saturated carbocycles. The van der Waals surface area contributed by atoms with Gasteiger partial charge in [0.15, 0.2) is 5.82 Å². The zero-order chi connectivity index (χ0) is 13.4. The number of hydrazine groups is 1. The van der Waals surface area contributed by atoms with Crippen LogP contribution in [0.4, 0.5) is 5.82 Å². The Labute approximate surface area is 109 Å². The van der Waals surface area contributed by atoms with E-state index in [-0.39, 0.29) is 0 Å². The molecule has 0 aromatic carbocycles. The molecule has 0 saturated heterocycles. The van der Waals surface area contributed by atoms with Crippen molar-refractivity contribution in [3.8, 4) is 0 Å². The first kappa shape index (κ1) is 14.8. The topological polar surface area (TPSA) is 70.3 Å². The predicted molar refractivity (Wildman–Crippen MR) is 74.0 cm³/mol. The summed E-state index contributed by atoms with van der Waals surface area (Å²) in [7, 11) is 4.20. The van der Waals surface area contributed by atoms with Gasteiger partial charge in [-0.05, 0) is 40.2 Å². The van der Waals surface area contributed by atoms with E-state index in [1.807, 2.05) is 0 Å². The smallest absolute Gasteiger partial charge is 0.158 e. The number of rotatable bonds is 8. The van der Waals surface area contributed by atoms with E-state index in [4.69, 9.17) is 5.84 Å². The molecule has 6 nitrogen and oxygen atoms in total. The number of aromatic nitrogens is 2. The standard InChI is InChI=1S/C12H24N6/c1-4-18(7-5-6-17(2)3)10-11-8-15-12(16-13)9-14-11/h8-9H,4-7,10,13H2,1-3H3,(H,15,16). The molecule has 6 heteroatoms. The molecular weight excluding hydrogens is 228 g/mol. The van der Waals surface area contributed by atoms with Crippen LogP contribution in [0.1, 0.15) is 19.0 Å². The molecule has 0 amide bonds. The molecule has 0 atom stereocenters. The van der Waals surface area contributed by atoms with Crippen molar-refractivity contribution in [1.29, 1.82) is 0 Å². The normalized spacial score (nSPS) is 11.2. The maximum Gasteiger partial charge on any atom is 0.158 e. The van der Waals surface area contributed by atoms with Crippen LogP contribution in [-0.4, -0.2) is 53.5 Å². The van der Waals surface area contributed by atoms with Gasteiger partial charge in [-0.2, -0.15) is 0 Å². The molecule has 102 valence electrons. The Morgan fingerprint density at radius 2 is 2.00 bits per heavy atom. The van der Waals surface area contributed by atoms with Gasteiger partial charge in [0.25, 0.3) is 0 Å². The third-order valence-corrected chi connectivity index (χ3v) is 2.77. The summed E-state index contributed by atoms with van der Waals surface area (Å²) in [5, 5.41) is 0. The van der Waals surface area contributed by atoms with Crippen molar-refractivity contribution in [2.24, 2.45) is 5.84 Å². The molecule has 1 heterocycles. The fourth-order valence-corrected chi connectivity index (χ4v) is 1.70. The maximum absolute atomic E-state index is 5.25. The molecule has 0 spiro atoms. The third kappa shape index (κ3) is 5.39. The summed E-state index contributed by atoms with van der Waals surface area (Å²) < 4.78 is 0. The van der Waals surface area contributed by atoms with Gasteiger partial charge in [0, 0.05) is 6.54 Å². The van der Waals surface area contributed by atoms with Crippen molar-refractivity contribution in [1.82, 2.24) is 19.8 Å². The number of hydrogen-bond acceptors (Lipinski definition) is 6. The molecule has 3 N–H and O–H groups in total. The lowest BCUT2D eigenvalue weighted by molar-refractivity contribution is 0.256. The number of nitrogen functional groups attached to an aromatic ring is 1. The quantitative estimate of drug-likeness (QED) is 0.520. The highest BCUT2D eigenvalue weighted by atomic mass is 15.3. The Kier molecular flexibility index (Phi) is 6.56. The van der Waals surface area contributed by atoms with Gasteiger partial charge in [0.05, 0.1) is 18.1 Å². The second-order valence-electron chi connectivity index (χ2n) is 4.56. The van der Waals surface area contributed by atoms with E-state index in [0.717, 1.165) is 38.3 Å². The van der Waals surface area contributed by atoms with Crippen molar-refractivity contribution in [2.45, 2.75) is 19.9 Å². The zero-order valence-corrected chi connectivity index (χ0v) is 11.6. The zero-order valence-electron chi connectivity index (χ0n) is 11.6. The largest absolute Gasteiger partial charge is 0.309 e. The molecule has 0 unspecified atom stereocenters. The average Bonchev–Trinajstić information content (AvgIpc) is 2.38. The van der Waals surface area contributed by atoms with E-state index in [0.29, 0.717) is 5.82 Å². The maximum atomic E-state index is 5.25. The minimum Gasteiger partial charge on any atom is -0.309 e. The highest BCUT2D eigenvalue weighted by molar-refractivity contribution is 5.28. The summed E-state index contributed by atoms with van der Waals surface area (Å²) >= 11 is 0. The monoisotopic (exact) mass is 252 g/mol. The van der Waals surface area contributed by atoms with Crippen LogP contribution in [0.2, 0.25) is 0 Å². The fourth-order valence-electron chi connectivity index (χ4n) is 1.70. The Morgan fingerprint density at radius 3 is 2.50 bits per heavy atom. The van der Waals surface area contributed by atoms with E-state index in [9.17, 15) is 0 Å². The molecule has 0 radical (unpaired) electrons. The lowest BCUT2D eigenvalue weighted by Gasteiger charge is -2.20. The van der Waals surface area contributed by atoms with Gasteiger partial charge in [0.1, 0.15) is 0 Å². The average molecular weight is 252 g/mol. The Morgan fingerprint density at radius 1 is 1.22 bits per heavy atom. The first-order chi connectivity index (χ1) is 8.65. The molecule has 18 heavy (non-hydrogen) atoms. The van der Waals surface area contributed by atoms with E-state index < -0.39 is 0 Å². The SMILES string of the molecule is CCN(CCCN(C)C)Cc1cnc(NN)cn1. The van der Waals surface area contributed by atoms with Gasteiger partial charge in [-0.1, -0.05) is 6.92 Å². The summed E-state index contributed by atoms with van der Waals surface area (Å²) in [6.07, 6.45) is 4.59. The summed E-state index contributed by atoms with van der Waals surface area (Å²) in [5.41, 5.74) is 3.45. The lowest BCUT2D eigenvalue weighted by atomic mass is 10.3. The van der Waals surface area contributed by atoms with Gasteiger partial charge in [-0.15, -0.1) is 0 Å². The summed E-state index contributed by atoms with van der Waals surface area (Å²) in [5.74, 6) is 5.85. The fraction of sp³-hybridized carbons (Fsp3) is 0.667. The molecule has 0 aliphatic rings. The first-order valence-corrected chi connectivity index (χ1v) is 6.30. The second kappa shape index (κ2) is 7.97. The van der Waals surface area contributed by atoms with Crippen LogP contribution in [0.3, 0.4) is 0 Å². The Balaban J connectivity index is 2.41. The van der Waals surface area contributed by atoms with Crippen LogP contribution in [-0.2, 0) is 6.54 Å². The van der Waals surface area contributed by atoms with Gasteiger partial charge in [0.2, 0.25) is 0 Å². The number of anilines is 1. The van der Waals surface area contributed by atoms with Gasteiger partial charge >= 0.3 is 0 Å². The van der Waals surface area contributed by atoms with Crippen LogP contribution in [0.25, 0.3) is 0 Å². The molecule has 0 aliphatic heterocycles. The minimum atomic E-state index is 0.592. The van der Waals surface area contributed by atoms with Crippen LogP contribution in [0.5, 0.6) is 0 Å². The highest BCUT2D eigenvalue weighted by Crippen LogP contribution is 2.04. The second-order valence-corrected chi connectivity index (χ2v) is 4.56. The molecule has 0 fully saturated rings. The third-order valence-electron chi connectivity index (χ3n) is 2.77. The van der Waals surface area contributed by atoms with Crippen molar-refractivity contribution < 1.29 is 0 Å². The molecule has 1 rings (SSSR count). The minimum absolute atomic E-state index is 0.592. The van der Waals surface area contributed by atoms with Gasteiger partial charge in [-0.25, -0.2) is 10.8 Å². The summed E-state index contributed by atoms with van der Waals surface area (Å²) in [6, 6.07) is 0. The van der Waals surface area contributed by atoms with Crippen LogP contribution in [0, 0.1) is 0 Å². The van der Waals surface area contributed by atoms with Crippen molar-refractivity contribution in [3.63, 3.8) is 0 Å². The van der Waals surface area contributed by atoms with Crippen LogP contribution < -0.4 is 11.3 Å². The van der Waals surface area contributed by atoms with E-state index >= 15 is 0 Å². The molecular formula is C12H24N6. The first-order valence-electron chi connectivity index (χ1n) is 6.30. The lowest BCUT2D eigenvalue weighted by Crippen LogP contribution is -2.27. The molecule has 0 bridgehead atoms. The Hall–Kier alpha value is -1.24.